The number of benzene rings is 2. The number of carbonyl (C=O) groups is 1. The summed E-state index contributed by atoms with van der Waals surface area (Å²) in [6.45, 7) is 0.311. The number of ether oxygens (including phenoxy) is 2. The molecular formula is C23H23ClN2O3S. The van der Waals surface area contributed by atoms with E-state index in [1.54, 1.807) is 7.11 Å². The molecule has 1 N–H and O–H groups in total. The normalized spacial score (nSPS) is 18.8. The van der Waals surface area contributed by atoms with E-state index < -0.39 is 0 Å². The van der Waals surface area contributed by atoms with Crippen LogP contribution in [-0.2, 0) is 11.4 Å². The molecule has 5 nitrogen and oxygen atoms in total. The smallest absolute Gasteiger partial charge is 0.173 e. The fraction of sp³-hybridized carbons (Fsp3) is 0.304. The number of halogens is 1. The predicted octanol–water partition coefficient (Wildman–Crippen LogP) is 4.80. The highest BCUT2D eigenvalue weighted by Gasteiger charge is 2.36. The second kappa shape index (κ2) is 8.66. The first-order valence-electron chi connectivity index (χ1n) is 9.84. The van der Waals surface area contributed by atoms with Crippen molar-refractivity contribution in [1.82, 2.24) is 10.2 Å². The highest BCUT2D eigenvalue weighted by molar-refractivity contribution is 7.80. The SMILES string of the molecule is COc1ccc(C2NC(=S)N(C)C3=C2C(=O)CCC3)cc1OCc1ccccc1Cl. The highest BCUT2D eigenvalue weighted by atomic mass is 35.5. The lowest BCUT2D eigenvalue weighted by molar-refractivity contribution is -0.116. The minimum absolute atomic E-state index is 0.164. The van der Waals surface area contributed by atoms with Gasteiger partial charge in [0.2, 0.25) is 0 Å². The number of nitrogens with zero attached hydrogens (tertiary/aromatic N) is 1. The van der Waals surface area contributed by atoms with E-state index in [9.17, 15) is 4.79 Å². The topological polar surface area (TPSA) is 50.8 Å². The van der Waals surface area contributed by atoms with E-state index in [1.807, 2.05) is 54.4 Å². The zero-order valence-corrected chi connectivity index (χ0v) is 18.5. The van der Waals surface area contributed by atoms with Crippen molar-refractivity contribution in [2.24, 2.45) is 0 Å². The van der Waals surface area contributed by atoms with Crippen LogP contribution >= 0.6 is 23.8 Å². The summed E-state index contributed by atoms with van der Waals surface area (Å²) in [6.07, 6.45) is 2.26. The molecule has 7 heteroatoms. The average molecular weight is 443 g/mol. The molecule has 2 aromatic rings. The van der Waals surface area contributed by atoms with E-state index in [1.165, 1.54) is 0 Å². The number of hydrogen-bond acceptors (Lipinski definition) is 4. The third kappa shape index (κ3) is 3.89. The van der Waals surface area contributed by atoms with Gasteiger partial charge in [-0.2, -0.15) is 0 Å². The summed E-state index contributed by atoms with van der Waals surface area (Å²) < 4.78 is 11.5. The van der Waals surface area contributed by atoms with E-state index in [2.05, 4.69) is 5.32 Å². The van der Waals surface area contributed by atoms with Crippen molar-refractivity contribution in [3.8, 4) is 11.5 Å². The van der Waals surface area contributed by atoms with E-state index in [-0.39, 0.29) is 11.8 Å². The van der Waals surface area contributed by atoms with E-state index in [4.69, 9.17) is 33.3 Å². The number of ketones is 1. The van der Waals surface area contributed by atoms with Gasteiger partial charge in [0.25, 0.3) is 0 Å². The summed E-state index contributed by atoms with van der Waals surface area (Å²) in [4.78, 5) is 14.7. The van der Waals surface area contributed by atoms with E-state index in [0.717, 1.165) is 35.2 Å². The quantitative estimate of drug-likeness (QED) is 0.671. The first kappa shape index (κ1) is 20.7. The standard InChI is InChI=1S/C23H23ClN2O3S/c1-26-17-8-5-9-18(27)21(17)22(25-23(26)30)14-10-11-19(28-2)20(12-14)29-13-15-6-3-4-7-16(15)24/h3-4,6-7,10-12,22H,5,8-9,13H2,1-2H3,(H,25,30). The fourth-order valence-corrected chi connectivity index (χ4v) is 4.36. The van der Waals surface area contributed by atoms with Crippen LogP contribution in [0.5, 0.6) is 11.5 Å². The molecule has 0 saturated carbocycles. The lowest BCUT2D eigenvalue weighted by Gasteiger charge is -2.39. The van der Waals surface area contributed by atoms with Crippen molar-refractivity contribution in [1.29, 1.82) is 0 Å². The Balaban J connectivity index is 1.68. The van der Waals surface area contributed by atoms with Gasteiger partial charge in [0.05, 0.1) is 13.2 Å². The molecule has 0 amide bonds. The predicted molar refractivity (Wildman–Crippen MR) is 121 cm³/mol. The van der Waals surface area contributed by atoms with Crippen molar-refractivity contribution in [2.75, 3.05) is 14.2 Å². The maximum absolute atomic E-state index is 12.8. The fourth-order valence-electron chi connectivity index (χ4n) is 3.94. The minimum Gasteiger partial charge on any atom is -0.493 e. The van der Waals surface area contributed by atoms with Gasteiger partial charge in [-0.05, 0) is 48.8 Å². The largest absolute Gasteiger partial charge is 0.493 e. The summed E-state index contributed by atoms with van der Waals surface area (Å²) in [6, 6.07) is 13.0. The van der Waals surface area contributed by atoms with Crippen LogP contribution in [0.15, 0.2) is 53.7 Å². The number of carbonyl (C=O) groups excluding carboxylic acids is 1. The van der Waals surface area contributed by atoms with Gasteiger partial charge in [0.1, 0.15) is 6.61 Å². The Morgan fingerprint density at radius 2 is 2.00 bits per heavy atom. The van der Waals surface area contributed by atoms with Crippen molar-refractivity contribution in [3.05, 3.63) is 69.9 Å². The monoisotopic (exact) mass is 442 g/mol. The van der Waals surface area contributed by atoms with Crippen LogP contribution in [0.3, 0.4) is 0 Å². The van der Waals surface area contributed by atoms with Gasteiger partial charge in [0.15, 0.2) is 22.4 Å². The second-order valence-electron chi connectivity index (χ2n) is 7.37. The Morgan fingerprint density at radius 1 is 1.20 bits per heavy atom. The van der Waals surface area contributed by atoms with Crippen LogP contribution in [-0.4, -0.2) is 30.0 Å². The van der Waals surface area contributed by atoms with E-state index >= 15 is 0 Å². The van der Waals surface area contributed by atoms with Crippen LogP contribution in [0.2, 0.25) is 5.02 Å². The number of rotatable bonds is 5. The maximum Gasteiger partial charge on any atom is 0.173 e. The molecule has 1 aliphatic carbocycles. The maximum atomic E-state index is 12.8. The number of nitrogens with one attached hydrogen (secondary N) is 1. The Kier molecular flexibility index (Phi) is 5.97. The third-order valence-electron chi connectivity index (χ3n) is 5.56. The first-order valence-corrected chi connectivity index (χ1v) is 10.6. The highest BCUT2D eigenvalue weighted by Crippen LogP contribution is 2.39. The molecule has 0 saturated heterocycles. The van der Waals surface area contributed by atoms with Gasteiger partial charge in [0, 0.05) is 35.3 Å². The van der Waals surface area contributed by atoms with Crippen molar-refractivity contribution in [3.63, 3.8) is 0 Å². The third-order valence-corrected chi connectivity index (χ3v) is 6.32. The van der Waals surface area contributed by atoms with Gasteiger partial charge in [-0.25, -0.2) is 0 Å². The molecule has 2 aliphatic rings. The number of Topliss-reactive ketones (excluding diaryl/α,β-unsaturated/α-hetero) is 1. The van der Waals surface area contributed by atoms with Gasteiger partial charge in [-0.3, -0.25) is 4.79 Å². The molecule has 30 heavy (non-hydrogen) atoms. The van der Waals surface area contributed by atoms with Gasteiger partial charge >= 0.3 is 0 Å². The zero-order chi connectivity index (χ0) is 21.3. The van der Waals surface area contributed by atoms with Gasteiger partial charge in [-0.1, -0.05) is 35.9 Å². The Bertz CT molecular complexity index is 1040. The lowest BCUT2D eigenvalue weighted by Crippen LogP contribution is -2.47. The molecule has 1 heterocycles. The van der Waals surface area contributed by atoms with Crippen LogP contribution in [0.1, 0.15) is 36.4 Å². The first-order chi connectivity index (χ1) is 14.5. The zero-order valence-electron chi connectivity index (χ0n) is 16.9. The molecule has 0 spiro atoms. The molecule has 1 atom stereocenters. The number of thiocarbonyl (C=S) groups is 1. The average Bonchev–Trinajstić information content (AvgIpc) is 2.75. The van der Waals surface area contributed by atoms with Crippen molar-refractivity contribution in [2.45, 2.75) is 31.9 Å². The Labute approximate surface area is 186 Å². The van der Waals surface area contributed by atoms with Crippen LogP contribution in [0, 0.1) is 0 Å². The van der Waals surface area contributed by atoms with E-state index in [0.29, 0.717) is 34.7 Å². The number of allylic oxidation sites excluding steroid dienone is 1. The second-order valence-corrected chi connectivity index (χ2v) is 8.16. The molecule has 0 aromatic heterocycles. The summed E-state index contributed by atoms with van der Waals surface area (Å²) in [7, 11) is 3.51. The Hall–Kier alpha value is -2.57. The molecule has 156 valence electrons. The van der Waals surface area contributed by atoms with Crippen LogP contribution < -0.4 is 14.8 Å². The van der Waals surface area contributed by atoms with Gasteiger partial charge < -0.3 is 19.7 Å². The molecule has 1 aliphatic heterocycles. The van der Waals surface area contributed by atoms with Crippen LogP contribution in [0.4, 0.5) is 0 Å². The van der Waals surface area contributed by atoms with Gasteiger partial charge in [-0.15, -0.1) is 0 Å². The molecule has 0 bridgehead atoms. The summed E-state index contributed by atoms with van der Waals surface area (Å²) >= 11 is 11.8. The molecular weight excluding hydrogens is 420 g/mol. The van der Waals surface area contributed by atoms with Crippen molar-refractivity contribution >= 4 is 34.7 Å². The number of methoxy groups -OCH3 is 1. The Morgan fingerprint density at radius 3 is 2.77 bits per heavy atom. The lowest BCUT2D eigenvalue weighted by atomic mass is 9.85. The van der Waals surface area contributed by atoms with Crippen molar-refractivity contribution < 1.29 is 14.3 Å². The number of hydrogen-bond donors (Lipinski definition) is 1. The molecule has 2 aromatic carbocycles. The minimum atomic E-state index is -0.301. The molecule has 1 unspecified atom stereocenters. The summed E-state index contributed by atoms with van der Waals surface area (Å²) in [5.41, 5.74) is 3.59. The molecule has 4 rings (SSSR count). The summed E-state index contributed by atoms with van der Waals surface area (Å²) in [5, 5.41) is 4.59. The summed E-state index contributed by atoms with van der Waals surface area (Å²) in [5.74, 6) is 1.37. The van der Waals surface area contributed by atoms with Crippen LogP contribution in [0.25, 0.3) is 0 Å². The molecule has 0 radical (unpaired) electrons. The molecule has 0 fully saturated rings.